The molecule has 0 aliphatic heterocycles. The maximum absolute atomic E-state index is 13.3. The number of ether oxygens (including phenoxy) is 1. The van der Waals surface area contributed by atoms with E-state index in [1.54, 1.807) is 6.92 Å². The Morgan fingerprint density at radius 1 is 1.15 bits per heavy atom. The van der Waals surface area contributed by atoms with Gasteiger partial charge >= 0.3 is 0 Å². The van der Waals surface area contributed by atoms with Gasteiger partial charge in [-0.15, -0.1) is 0 Å². The summed E-state index contributed by atoms with van der Waals surface area (Å²) in [5.41, 5.74) is 2.55. The average molecular weight is 339 g/mol. The van der Waals surface area contributed by atoms with E-state index in [1.807, 2.05) is 26.0 Å². The second-order valence-electron chi connectivity index (χ2n) is 4.83. The first-order valence-electron chi connectivity index (χ1n) is 6.30. The molecular formula is C16H16BrFO2. The van der Waals surface area contributed by atoms with Gasteiger partial charge in [0.05, 0.1) is 6.10 Å². The van der Waals surface area contributed by atoms with Gasteiger partial charge in [0.1, 0.15) is 17.3 Å². The fraction of sp³-hybridized carbons (Fsp3) is 0.250. The number of rotatable bonds is 3. The Kier molecular flexibility index (Phi) is 4.45. The third-order valence-electron chi connectivity index (χ3n) is 3.06. The molecule has 0 aliphatic carbocycles. The minimum atomic E-state index is -0.793. The summed E-state index contributed by atoms with van der Waals surface area (Å²) in [5.74, 6) is 0.732. The smallest absolute Gasteiger partial charge is 0.133 e. The van der Waals surface area contributed by atoms with Gasteiger partial charge in [-0.25, -0.2) is 4.39 Å². The molecule has 2 aromatic carbocycles. The van der Waals surface area contributed by atoms with Crippen LogP contribution in [0.2, 0.25) is 0 Å². The van der Waals surface area contributed by atoms with Crippen LogP contribution in [-0.2, 0) is 0 Å². The van der Waals surface area contributed by atoms with Crippen LogP contribution in [0.15, 0.2) is 34.8 Å². The molecule has 106 valence electrons. The fourth-order valence-electron chi connectivity index (χ4n) is 2.03. The standard InChI is InChI=1S/C16H16BrFO2/c1-9-6-13(7-10(2)16(9)17)20-15-5-4-12(18)8-14(15)11(3)19/h4-8,11,19H,1-3H3. The molecule has 0 saturated carbocycles. The summed E-state index contributed by atoms with van der Waals surface area (Å²) in [5, 5.41) is 9.71. The Balaban J connectivity index is 2.40. The largest absolute Gasteiger partial charge is 0.457 e. The highest BCUT2D eigenvalue weighted by Gasteiger charge is 2.12. The predicted molar refractivity (Wildman–Crippen MR) is 80.7 cm³/mol. The molecule has 0 aromatic heterocycles. The van der Waals surface area contributed by atoms with Crippen LogP contribution in [0.4, 0.5) is 4.39 Å². The summed E-state index contributed by atoms with van der Waals surface area (Å²) >= 11 is 3.50. The van der Waals surface area contributed by atoms with Crippen LogP contribution < -0.4 is 4.74 Å². The Labute approximate surface area is 126 Å². The SMILES string of the molecule is Cc1cc(Oc2ccc(F)cc2C(C)O)cc(C)c1Br. The molecule has 0 aliphatic rings. The van der Waals surface area contributed by atoms with Crippen LogP contribution in [0.5, 0.6) is 11.5 Å². The minimum Gasteiger partial charge on any atom is -0.457 e. The number of hydrogen-bond donors (Lipinski definition) is 1. The third-order valence-corrected chi connectivity index (χ3v) is 4.31. The van der Waals surface area contributed by atoms with Crippen molar-refractivity contribution in [2.75, 3.05) is 0 Å². The summed E-state index contributed by atoms with van der Waals surface area (Å²) in [6, 6.07) is 7.93. The average Bonchev–Trinajstić information content (AvgIpc) is 2.37. The van der Waals surface area contributed by atoms with Crippen molar-refractivity contribution in [2.45, 2.75) is 26.9 Å². The summed E-state index contributed by atoms with van der Waals surface area (Å²) in [6.07, 6.45) is -0.793. The predicted octanol–water partition coefficient (Wildman–Crippen LogP) is 5.05. The van der Waals surface area contributed by atoms with Crippen LogP contribution in [0.25, 0.3) is 0 Å². The van der Waals surface area contributed by atoms with E-state index in [0.29, 0.717) is 17.1 Å². The van der Waals surface area contributed by atoms with Crippen LogP contribution in [0, 0.1) is 19.7 Å². The molecule has 4 heteroatoms. The van der Waals surface area contributed by atoms with E-state index in [2.05, 4.69) is 15.9 Å². The molecule has 1 N–H and O–H groups in total. The van der Waals surface area contributed by atoms with Crippen molar-refractivity contribution in [3.8, 4) is 11.5 Å². The van der Waals surface area contributed by atoms with Gasteiger partial charge in [-0.05, 0) is 62.2 Å². The van der Waals surface area contributed by atoms with E-state index >= 15 is 0 Å². The fourth-order valence-corrected chi connectivity index (χ4v) is 2.26. The second kappa shape index (κ2) is 5.94. The lowest BCUT2D eigenvalue weighted by Gasteiger charge is -2.15. The van der Waals surface area contributed by atoms with Crippen molar-refractivity contribution in [2.24, 2.45) is 0 Å². The van der Waals surface area contributed by atoms with Crippen molar-refractivity contribution in [3.63, 3.8) is 0 Å². The molecule has 2 aromatic rings. The molecule has 0 spiro atoms. The first-order valence-corrected chi connectivity index (χ1v) is 7.10. The Morgan fingerprint density at radius 2 is 1.75 bits per heavy atom. The van der Waals surface area contributed by atoms with Crippen molar-refractivity contribution in [1.29, 1.82) is 0 Å². The van der Waals surface area contributed by atoms with E-state index in [0.717, 1.165) is 15.6 Å². The topological polar surface area (TPSA) is 29.5 Å². The monoisotopic (exact) mass is 338 g/mol. The maximum atomic E-state index is 13.3. The van der Waals surface area contributed by atoms with Crippen molar-refractivity contribution < 1.29 is 14.2 Å². The maximum Gasteiger partial charge on any atom is 0.133 e. The molecule has 0 bridgehead atoms. The summed E-state index contributed by atoms with van der Waals surface area (Å²) in [4.78, 5) is 0. The van der Waals surface area contributed by atoms with Gasteiger partial charge in [0, 0.05) is 10.0 Å². The number of aliphatic hydroxyl groups is 1. The second-order valence-corrected chi connectivity index (χ2v) is 5.62. The molecule has 1 atom stereocenters. The molecule has 0 radical (unpaired) electrons. The highest BCUT2D eigenvalue weighted by Crippen LogP contribution is 2.33. The molecule has 2 nitrogen and oxygen atoms in total. The lowest BCUT2D eigenvalue weighted by atomic mass is 10.1. The lowest BCUT2D eigenvalue weighted by Crippen LogP contribution is -1.98. The van der Waals surface area contributed by atoms with Gasteiger partial charge in [-0.1, -0.05) is 15.9 Å². The first kappa shape index (κ1) is 15.0. The minimum absolute atomic E-state index is 0.392. The summed E-state index contributed by atoms with van der Waals surface area (Å²) in [7, 11) is 0. The van der Waals surface area contributed by atoms with Gasteiger partial charge in [0.25, 0.3) is 0 Å². The summed E-state index contributed by atoms with van der Waals surface area (Å²) in [6.45, 7) is 5.54. The van der Waals surface area contributed by atoms with Gasteiger partial charge in [-0.2, -0.15) is 0 Å². The van der Waals surface area contributed by atoms with Crippen molar-refractivity contribution in [1.82, 2.24) is 0 Å². The Morgan fingerprint density at radius 3 is 2.30 bits per heavy atom. The molecule has 0 fully saturated rings. The van der Waals surface area contributed by atoms with Crippen LogP contribution in [-0.4, -0.2) is 5.11 Å². The van der Waals surface area contributed by atoms with Crippen LogP contribution >= 0.6 is 15.9 Å². The molecular weight excluding hydrogens is 323 g/mol. The molecule has 20 heavy (non-hydrogen) atoms. The summed E-state index contributed by atoms with van der Waals surface area (Å²) < 4.78 is 20.1. The number of aryl methyl sites for hydroxylation is 2. The van der Waals surface area contributed by atoms with Crippen LogP contribution in [0.3, 0.4) is 0 Å². The number of hydrogen-bond acceptors (Lipinski definition) is 2. The van der Waals surface area contributed by atoms with Gasteiger partial charge < -0.3 is 9.84 Å². The van der Waals surface area contributed by atoms with Gasteiger partial charge in [-0.3, -0.25) is 0 Å². The molecule has 0 amide bonds. The normalized spacial score (nSPS) is 12.3. The zero-order chi connectivity index (χ0) is 14.9. The van der Waals surface area contributed by atoms with Crippen molar-refractivity contribution in [3.05, 3.63) is 57.3 Å². The molecule has 0 heterocycles. The highest BCUT2D eigenvalue weighted by atomic mass is 79.9. The number of aliphatic hydroxyl groups excluding tert-OH is 1. The Bertz CT molecular complexity index is 615. The molecule has 1 unspecified atom stereocenters. The van der Waals surface area contributed by atoms with Gasteiger partial charge in [0.2, 0.25) is 0 Å². The number of halogens is 2. The van der Waals surface area contributed by atoms with E-state index in [4.69, 9.17) is 4.74 Å². The zero-order valence-corrected chi connectivity index (χ0v) is 13.2. The Hall–Kier alpha value is -1.39. The van der Waals surface area contributed by atoms with E-state index in [9.17, 15) is 9.50 Å². The van der Waals surface area contributed by atoms with E-state index < -0.39 is 11.9 Å². The van der Waals surface area contributed by atoms with Gasteiger partial charge in [0.15, 0.2) is 0 Å². The van der Waals surface area contributed by atoms with E-state index in [1.165, 1.54) is 18.2 Å². The van der Waals surface area contributed by atoms with Crippen LogP contribution in [0.1, 0.15) is 29.7 Å². The zero-order valence-electron chi connectivity index (χ0n) is 11.6. The molecule has 0 saturated heterocycles. The number of benzene rings is 2. The lowest BCUT2D eigenvalue weighted by molar-refractivity contribution is 0.195. The highest BCUT2D eigenvalue weighted by molar-refractivity contribution is 9.10. The molecule has 2 rings (SSSR count). The third kappa shape index (κ3) is 3.19. The quantitative estimate of drug-likeness (QED) is 0.848. The van der Waals surface area contributed by atoms with Crippen molar-refractivity contribution >= 4 is 15.9 Å². The van der Waals surface area contributed by atoms with E-state index in [-0.39, 0.29) is 0 Å². The first-order chi connectivity index (χ1) is 9.38.